The van der Waals surface area contributed by atoms with E-state index < -0.39 is 0 Å². The second kappa shape index (κ2) is 6.58. The predicted octanol–water partition coefficient (Wildman–Crippen LogP) is 5.77. The van der Waals surface area contributed by atoms with Gasteiger partial charge in [0.15, 0.2) is 0 Å². The molecule has 2 bridgehead atoms. The Morgan fingerprint density at radius 1 is 1.22 bits per heavy atom. The molecule has 2 aromatic rings. The summed E-state index contributed by atoms with van der Waals surface area (Å²) < 4.78 is 1.51. The van der Waals surface area contributed by atoms with Crippen molar-refractivity contribution in [1.29, 1.82) is 0 Å². The van der Waals surface area contributed by atoms with Crippen LogP contribution < -0.4 is 0 Å². The lowest BCUT2D eigenvalue weighted by Gasteiger charge is -2.29. The standard InChI is InChI=1S/C20H25NS.ClH/c1-13-12-22-20-17(13)5-4-6-18(20)19-15-8-7-14(9-15)10-16(19)11-21(2)3;/h4-6,12,14-15H,7-11H2,1-3H3;1H. The van der Waals surface area contributed by atoms with Gasteiger partial charge in [0, 0.05) is 11.2 Å². The lowest BCUT2D eigenvalue weighted by Crippen LogP contribution is -2.21. The summed E-state index contributed by atoms with van der Waals surface area (Å²) in [5, 5.41) is 3.78. The molecule has 3 heteroatoms. The van der Waals surface area contributed by atoms with Crippen molar-refractivity contribution in [2.24, 2.45) is 11.8 Å². The predicted molar refractivity (Wildman–Crippen MR) is 105 cm³/mol. The molecule has 0 aliphatic heterocycles. The summed E-state index contributed by atoms with van der Waals surface area (Å²) in [6.07, 6.45) is 5.58. The summed E-state index contributed by atoms with van der Waals surface area (Å²) in [7, 11) is 4.41. The summed E-state index contributed by atoms with van der Waals surface area (Å²) in [4.78, 5) is 2.35. The van der Waals surface area contributed by atoms with E-state index in [2.05, 4.69) is 49.5 Å². The minimum Gasteiger partial charge on any atom is -0.305 e. The number of halogens is 1. The molecule has 1 aromatic carbocycles. The minimum atomic E-state index is 0. The zero-order chi connectivity index (χ0) is 15.3. The fraction of sp³-hybridized carbons (Fsp3) is 0.500. The molecule has 0 N–H and O–H groups in total. The highest BCUT2D eigenvalue weighted by molar-refractivity contribution is 7.17. The molecule has 1 nitrogen and oxygen atoms in total. The zero-order valence-corrected chi connectivity index (χ0v) is 15.9. The third-order valence-electron chi connectivity index (χ3n) is 5.46. The smallest absolute Gasteiger partial charge is 0.0420 e. The number of hydrogen-bond donors (Lipinski definition) is 0. The van der Waals surface area contributed by atoms with Crippen LogP contribution in [0.4, 0.5) is 0 Å². The maximum atomic E-state index is 2.38. The van der Waals surface area contributed by atoms with Crippen molar-refractivity contribution in [3.05, 3.63) is 40.3 Å². The average Bonchev–Trinajstić information content (AvgIpc) is 3.04. The van der Waals surface area contributed by atoms with Crippen LogP contribution in [-0.2, 0) is 0 Å². The molecule has 0 amide bonds. The number of allylic oxidation sites excluding steroid dienone is 1. The highest BCUT2D eigenvalue weighted by Crippen LogP contribution is 2.50. The Hall–Kier alpha value is -0.830. The van der Waals surface area contributed by atoms with Crippen LogP contribution in [-0.4, -0.2) is 25.5 Å². The van der Waals surface area contributed by atoms with E-state index in [0.29, 0.717) is 0 Å². The van der Waals surface area contributed by atoms with Gasteiger partial charge in [-0.15, -0.1) is 23.7 Å². The van der Waals surface area contributed by atoms with E-state index in [-0.39, 0.29) is 12.4 Å². The lowest BCUT2D eigenvalue weighted by molar-refractivity contribution is 0.413. The van der Waals surface area contributed by atoms with E-state index in [1.165, 1.54) is 46.9 Å². The number of nitrogens with zero attached hydrogens (tertiary/aromatic N) is 1. The quantitative estimate of drug-likeness (QED) is 0.681. The molecule has 0 saturated heterocycles. The second-order valence-corrected chi connectivity index (χ2v) is 8.32. The molecular weight excluding hydrogens is 322 g/mol. The Labute approximate surface area is 149 Å². The first-order chi connectivity index (χ1) is 10.6. The number of fused-ring (bicyclic) bond motifs is 3. The molecular formula is C20H26ClNS. The van der Waals surface area contributed by atoms with Crippen LogP contribution >= 0.6 is 23.7 Å². The summed E-state index contributed by atoms with van der Waals surface area (Å²) in [5.74, 6) is 1.76. The largest absolute Gasteiger partial charge is 0.305 e. The maximum Gasteiger partial charge on any atom is 0.0420 e. The molecule has 124 valence electrons. The van der Waals surface area contributed by atoms with Crippen LogP contribution in [0, 0.1) is 18.8 Å². The molecule has 1 aromatic heterocycles. The van der Waals surface area contributed by atoms with Crippen molar-refractivity contribution < 1.29 is 0 Å². The third-order valence-corrected chi connectivity index (χ3v) is 6.60. The van der Waals surface area contributed by atoms with Crippen molar-refractivity contribution in [3.8, 4) is 0 Å². The average molecular weight is 348 g/mol. The van der Waals surface area contributed by atoms with E-state index in [9.17, 15) is 0 Å². The summed E-state index contributed by atoms with van der Waals surface area (Å²) >= 11 is 1.93. The summed E-state index contributed by atoms with van der Waals surface area (Å²) in [5.41, 5.74) is 6.38. The molecule has 2 aliphatic rings. The monoisotopic (exact) mass is 347 g/mol. The molecule has 2 aliphatic carbocycles. The van der Waals surface area contributed by atoms with Crippen LogP contribution in [0.25, 0.3) is 15.7 Å². The first-order valence-electron chi connectivity index (χ1n) is 8.47. The van der Waals surface area contributed by atoms with Gasteiger partial charge >= 0.3 is 0 Å². The molecule has 0 spiro atoms. The Kier molecular flexibility index (Phi) is 4.87. The van der Waals surface area contributed by atoms with Gasteiger partial charge in [-0.25, -0.2) is 0 Å². The highest BCUT2D eigenvalue weighted by atomic mass is 35.5. The molecule has 0 radical (unpaired) electrons. The Balaban J connectivity index is 0.00000156. The molecule has 2 unspecified atom stereocenters. The van der Waals surface area contributed by atoms with Gasteiger partial charge < -0.3 is 4.90 Å². The number of benzene rings is 1. The van der Waals surface area contributed by atoms with Crippen molar-refractivity contribution in [3.63, 3.8) is 0 Å². The van der Waals surface area contributed by atoms with Crippen LogP contribution in [0.5, 0.6) is 0 Å². The van der Waals surface area contributed by atoms with Gasteiger partial charge in [-0.2, -0.15) is 0 Å². The highest BCUT2D eigenvalue weighted by Gasteiger charge is 2.35. The van der Waals surface area contributed by atoms with E-state index in [1.54, 1.807) is 11.1 Å². The number of hydrogen-bond acceptors (Lipinski definition) is 2. The lowest BCUT2D eigenvalue weighted by atomic mass is 9.79. The number of aryl methyl sites for hydroxylation is 1. The van der Waals surface area contributed by atoms with Gasteiger partial charge in [0.1, 0.15) is 0 Å². The van der Waals surface area contributed by atoms with Gasteiger partial charge in [0.05, 0.1) is 0 Å². The van der Waals surface area contributed by atoms with Crippen LogP contribution in [0.1, 0.15) is 36.8 Å². The van der Waals surface area contributed by atoms with E-state index in [1.807, 2.05) is 11.3 Å². The van der Waals surface area contributed by atoms with E-state index in [4.69, 9.17) is 0 Å². The second-order valence-electron chi connectivity index (χ2n) is 7.44. The van der Waals surface area contributed by atoms with Gasteiger partial charge in [0.2, 0.25) is 0 Å². The molecule has 1 heterocycles. The fourth-order valence-corrected chi connectivity index (χ4v) is 5.69. The van der Waals surface area contributed by atoms with Gasteiger partial charge in [-0.1, -0.05) is 23.8 Å². The Morgan fingerprint density at radius 3 is 2.83 bits per heavy atom. The zero-order valence-electron chi connectivity index (χ0n) is 14.3. The van der Waals surface area contributed by atoms with Crippen molar-refractivity contribution in [1.82, 2.24) is 4.90 Å². The van der Waals surface area contributed by atoms with Crippen LogP contribution in [0.2, 0.25) is 0 Å². The third kappa shape index (κ3) is 2.97. The Bertz CT molecular complexity index is 743. The van der Waals surface area contributed by atoms with E-state index >= 15 is 0 Å². The van der Waals surface area contributed by atoms with Crippen LogP contribution in [0.15, 0.2) is 29.2 Å². The summed E-state index contributed by atoms with van der Waals surface area (Å²) in [6, 6.07) is 6.93. The van der Waals surface area contributed by atoms with Crippen molar-refractivity contribution in [2.75, 3.05) is 20.6 Å². The first kappa shape index (κ1) is 17.0. The molecule has 2 atom stereocenters. The van der Waals surface area contributed by atoms with Crippen molar-refractivity contribution in [2.45, 2.75) is 32.6 Å². The summed E-state index contributed by atoms with van der Waals surface area (Å²) in [6.45, 7) is 3.37. The minimum absolute atomic E-state index is 0. The maximum absolute atomic E-state index is 2.38. The van der Waals surface area contributed by atoms with E-state index in [0.717, 1.165) is 18.4 Å². The van der Waals surface area contributed by atoms with Crippen molar-refractivity contribution >= 4 is 39.4 Å². The molecule has 4 rings (SSSR count). The van der Waals surface area contributed by atoms with Gasteiger partial charge in [0.25, 0.3) is 0 Å². The van der Waals surface area contributed by atoms with Gasteiger partial charge in [-0.05, 0) is 86.0 Å². The molecule has 1 saturated carbocycles. The Morgan fingerprint density at radius 2 is 2.04 bits per heavy atom. The SMILES string of the molecule is Cc1csc2c(C3=C(CN(C)C)CC4CCC3C4)cccc12.Cl. The fourth-order valence-electron chi connectivity index (χ4n) is 4.61. The number of likely N-dealkylation sites (N-methyl/N-ethyl adjacent to an activating group) is 1. The topological polar surface area (TPSA) is 3.24 Å². The molecule has 1 fully saturated rings. The first-order valence-corrected chi connectivity index (χ1v) is 9.35. The molecule has 23 heavy (non-hydrogen) atoms. The normalized spacial score (nSPS) is 23.7. The number of thiophene rings is 1. The number of rotatable bonds is 3. The van der Waals surface area contributed by atoms with Gasteiger partial charge in [-0.3, -0.25) is 0 Å². The van der Waals surface area contributed by atoms with Crippen LogP contribution in [0.3, 0.4) is 0 Å².